The average Bonchev–Trinajstić information content (AvgIpc) is 1.98. The van der Waals surface area contributed by atoms with Crippen LogP contribution in [0.4, 0.5) is 0 Å². The summed E-state index contributed by atoms with van der Waals surface area (Å²) in [6.07, 6.45) is 0. The van der Waals surface area contributed by atoms with Gasteiger partial charge in [0.2, 0.25) is 0 Å². The third kappa shape index (κ3) is 1.03. The summed E-state index contributed by atoms with van der Waals surface area (Å²) in [7, 11) is 0. The van der Waals surface area contributed by atoms with Crippen molar-refractivity contribution in [2.75, 3.05) is 0 Å². The first-order chi connectivity index (χ1) is 5.57. The lowest BCUT2D eigenvalue weighted by atomic mass is 9.36. The molecule has 3 atom stereocenters. The van der Waals surface area contributed by atoms with Crippen LogP contribution in [0.3, 0.4) is 0 Å². The molecule has 0 amide bonds. The normalized spacial score (nSPS) is 44.3. The molecule has 13 heavy (non-hydrogen) atoms. The van der Waals surface area contributed by atoms with E-state index >= 15 is 0 Å². The summed E-state index contributed by atoms with van der Waals surface area (Å²) in [4.78, 5) is 0. The van der Waals surface area contributed by atoms with Gasteiger partial charge in [-0.2, -0.15) is 0 Å². The summed E-state index contributed by atoms with van der Waals surface area (Å²) in [6, 6.07) is 0.358. The molecule has 0 spiro atoms. The van der Waals surface area contributed by atoms with Gasteiger partial charge in [-0.25, -0.2) is 0 Å². The Bertz CT molecular complexity index is 212. The van der Waals surface area contributed by atoms with E-state index in [0.29, 0.717) is 22.8 Å². The van der Waals surface area contributed by atoms with Gasteiger partial charge in [0.05, 0.1) is 0 Å². The maximum absolute atomic E-state index is 6.17. The summed E-state index contributed by atoms with van der Waals surface area (Å²) < 4.78 is 0. The highest BCUT2D eigenvalue weighted by molar-refractivity contribution is 5.16. The van der Waals surface area contributed by atoms with Crippen molar-refractivity contribution in [1.29, 1.82) is 0 Å². The zero-order valence-corrected chi connectivity index (χ0v) is 10.2. The first kappa shape index (κ1) is 11.0. The van der Waals surface area contributed by atoms with Crippen LogP contribution in [0.5, 0.6) is 0 Å². The van der Waals surface area contributed by atoms with E-state index in [2.05, 4.69) is 48.5 Å². The molecular formula is C12H25N. The van der Waals surface area contributed by atoms with E-state index in [1.807, 2.05) is 0 Å². The Morgan fingerprint density at radius 1 is 1.08 bits per heavy atom. The monoisotopic (exact) mass is 183 g/mol. The van der Waals surface area contributed by atoms with Crippen LogP contribution in [-0.2, 0) is 0 Å². The van der Waals surface area contributed by atoms with Crippen LogP contribution >= 0.6 is 0 Å². The fraction of sp³-hybridized carbons (Fsp3) is 1.00. The molecule has 0 aromatic rings. The Morgan fingerprint density at radius 3 is 1.62 bits per heavy atom. The molecule has 0 aromatic heterocycles. The Balaban J connectivity index is 3.06. The van der Waals surface area contributed by atoms with Gasteiger partial charge in [0, 0.05) is 6.04 Å². The van der Waals surface area contributed by atoms with Gasteiger partial charge in [0.15, 0.2) is 0 Å². The lowest BCUT2D eigenvalue weighted by Crippen LogP contribution is -2.71. The van der Waals surface area contributed by atoms with Crippen LogP contribution in [0.1, 0.15) is 48.5 Å². The molecule has 0 radical (unpaired) electrons. The van der Waals surface area contributed by atoms with E-state index in [4.69, 9.17) is 5.73 Å². The standard InChI is InChI=1S/C12H25N/c1-8-9(13)11(5,6)12(8,7)10(2,3)4/h8-9H,13H2,1-7H3. The molecule has 1 saturated carbocycles. The van der Waals surface area contributed by atoms with Gasteiger partial charge in [-0.1, -0.05) is 48.5 Å². The maximum atomic E-state index is 6.17. The molecule has 0 saturated heterocycles. The summed E-state index contributed by atoms with van der Waals surface area (Å²) in [5.74, 6) is 0.627. The van der Waals surface area contributed by atoms with Gasteiger partial charge in [0.1, 0.15) is 0 Å². The number of nitrogens with two attached hydrogens (primary N) is 1. The van der Waals surface area contributed by atoms with Gasteiger partial charge in [-0.05, 0) is 22.2 Å². The molecule has 1 fully saturated rings. The Morgan fingerprint density at radius 2 is 1.46 bits per heavy atom. The first-order valence-corrected chi connectivity index (χ1v) is 5.32. The topological polar surface area (TPSA) is 26.0 Å². The van der Waals surface area contributed by atoms with Crippen LogP contribution in [0.15, 0.2) is 0 Å². The van der Waals surface area contributed by atoms with Crippen molar-refractivity contribution in [2.24, 2.45) is 27.9 Å². The van der Waals surface area contributed by atoms with Crippen molar-refractivity contribution in [3.8, 4) is 0 Å². The first-order valence-electron chi connectivity index (χ1n) is 5.32. The SMILES string of the molecule is CC1C(N)C(C)(C)C1(C)C(C)(C)C. The van der Waals surface area contributed by atoms with E-state index in [1.54, 1.807) is 0 Å². The van der Waals surface area contributed by atoms with Gasteiger partial charge in [-0.15, -0.1) is 0 Å². The third-order valence-electron chi connectivity index (χ3n) is 5.18. The lowest BCUT2D eigenvalue weighted by Gasteiger charge is -2.69. The predicted molar refractivity (Wildman–Crippen MR) is 58.5 cm³/mol. The molecule has 0 aromatic carbocycles. The highest BCUT2D eigenvalue weighted by Crippen LogP contribution is 2.66. The van der Waals surface area contributed by atoms with Crippen LogP contribution in [0.25, 0.3) is 0 Å². The van der Waals surface area contributed by atoms with Crippen molar-refractivity contribution in [3.05, 3.63) is 0 Å². The molecule has 3 unspecified atom stereocenters. The van der Waals surface area contributed by atoms with Gasteiger partial charge >= 0.3 is 0 Å². The predicted octanol–water partition coefficient (Wildman–Crippen LogP) is 3.04. The van der Waals surface area contributed by atoms with Gasteiger partial charge in [0.25, 0.3) is 0 Å². The van der Waals surface area contributed by atoms with Crippen LogP contribution < -0.4 is 5.73 Å². The van der Waals surface area contributed by atoms with E-state index in [0.717, 1.165) is 0 Å². The molecule has 2 N–H and O–H groups in total. The second-order valence-electron chi connectivity index (χ2n) is 6.49. The average molecular weight is 183 g/mol. The minimum atomic E-state index is 0.269. The minimum Gasteiger partial charge on any atom is -0.327 e. The molecule has 1 aliphatic carbocycles. The van der Waals surface area contributed by atoms with Crippen LogP contribution in [0, 0.1) is 22.2 Å². The summed E-state index contributed by atoms with van der Waals surface area (Å²) >= 11 is 0. The second-order valence-corrected chi connectivity index (χ2v) is 6.49. The molecule has 1 heteroatoms. The van der Waals surface area contributed by atoms with E-state index < -0.39 is 0 Å². The van der Waals surface area contributed by atoms with E-state index in [1.165, 1.54) is 0 Å². The third-order valence-corrected chi connectivity index (χ3v) is 5.18. The van der Waals surface area contributed by atoms with Crippen molar-refractivity contribution in [1.82, 2.24) is 0 Å². The number of hydrogen-bond donors (Lipinski definition) is 1. The molecule has 1 nitrogen and oxygen atoms in total. The second kappa shape index (κ2) is 2.50. The molecule has 0 heterocycles. The van der Waals surface area contributed by atoms with Crippen molar-refractivity contribution in [2.45, 2.75) is 54.5 Å². The quantitative estimate of drug-likeness (QED) is 0.614. The van der Waals surface area contributed by atoms with Crippen LogP contribution in [-0.4, -0.2) is 6.04 Å². The fourth-order valence-corrected chi connectivity index (χ4v) is 3.47. The maximum Gasteiger partial charge on any atom is 0.0127 e. The lowest BCUT2D eigenvalue weighted by molar-refractivity contribution is -0.190. The Labute approximate surface area is 83.1 Å². The zero-order valence-electron chi connectivity index (χ0n) is 10.2. The van der Waals surface area contributed by atoms with Gasteiger partial charge in [-0.3, -0.25) is 0 Å². The number of rotatable bonds is 0. The zero-order chi connectivity index (χ0) is 10.7. The highest BCUT2D eigenvalue weighted by atomic mass is 14.8. The fourth-order valence-electron chi connectivity index (χ4n) is 3.47. The minimum absolute atomic E-state index is 0.269. The number of hydrogen-bond acceptors (Lipinski definition) is 1. The largest absolute Gasteiger partial charge is 0.327 e. The Hall–Kier alpha value is -0.0400. The molecule has 1 rings (SSSR count). The summed E-state index contributed by atoms with van der Waals surface area (Å²) in [5, 5.41) is 0. The smallest absolute Gasteiger partial charge is 0.0127 e. The van der Waals surface area contributed by atoms with Crippen molar-refractivity contribution >= 4 is 0 Å². The van der Waals surface area contributed by atoms with E-state index in [9.17, 15) is 0 Å². The molecule has 0 aliphatic heterocycles. The van der Waals surface area contributed by atoms with Gasteiger partial charge < -0.3 is 5.73 Å². The van der Waals surface area contributed by atoms with E-state index in [-0.39, 0.29) is 5.41 Å². The van der Waals surface area contributed by atoms with Crippen LogP contribution in [0.2, 0.25) is 0 Å². The van der Waals surface area contributed by atoms with Crippen molar-refractivity contribution in [3.63, 3.8) is 0 Å². The van der Waals surface area contributed by atoms with Crippen molar-refractivity contribution < 1.29 is 0 Å². The molecule has 0 bridgehead atoms. The Kier molecular flexibility index (Phi) is 2.12. The molecule has 78 valence electrons. The summed E-state index contributed by atoms with van der Waals surface area (Å²) in [5.41, 5.74) is 7.14. The summed E-state index contributed by atoms with van der Waals surface area (Å²) in [6.45, 7) is 16.3. The highest BCUT2D eigenvalue weighted by Gasteiger charge is 2.65. The molecule has 1 aliphatic rings. The molecular weight excluding hydrogens is 158 g/mol.